The molecule has 1 heterocycles. The first-order valence-corrected chi connectivity index (χ1v) is 6.53. The van der Waals surface area contributed by atoms with Gasteiger partial charge in [-0.1, -0.05) is 6.92 Å². The van der Waals surface area contributed by atoms with Gasteiger partial charge in [-0.15, -0.1) is 0 Å². The van der Waals surface area contributed by atoms with E-state index >= 15 is 0 Å². The molecule has 0 aliphatic carbocycles. The smallest absolute Gasteiger partial charge is 0.323 e. The first-order valence-electron chi connectivity index (χ1n) is 6.53. The maximum atomic E-state index is 12.5. The van der Waals surface area contributed by atoms with E-state index in [2.05, 4.69) is 4.98 Å². The predicted octanol–water partition coefficient (Wildman–Crippen LogP) is 1.47. The molecule has 0 spiro atoms. The summed E-state index contributed by atoms with van der Waals surface area (Å²) < 4.78 is 0. The van der Waals surface area contributed by atoms with Gasteiger partial charge in [0.1, 0.15) is 12.4 Å². The zero-order chi connectivity index (χ0) is 15.3. The van der Waals surface area contributed by atoms with Gasteiger partial charge in [0.05, 0.1) is 0 Å². The van der Waals surface area contributed by atoms with E-state index in [1.54, 1.807) is 23.2 Å². The first-order chi connectivity index (χ1) is 9.36. The fourth-order valence-electron chi connectivity index (χ4n) is 1.76. The van der Waals surface area contributed by atoms with Gasteiger partial charge in [0.25, 0.3) is 5.91 Å². The van der Waals surface area contributed by atoms with Crippen LogP contribution in [0.2, 0.25) is 0 Å². The van der Waals surface area contributed by atoms with Crippen molar-refractivity contribution in [2.45, 2.75) is 26.3 Å². The van der Waals surface area contributed by atoms with Crippen LogP contribution in [-0.2, 0) is 4.79 Å². The highest BCUT2D eigenvalue weighted by Crippen LogP contribution is 2.14. The van der Waals surface area contributed by atoms with Crippen LogP contribution in [0.3, 0.4) is 0 Å². The van der Waals surface area contributed by atoms with Crippen molar-refractivity contribution in [2.24, 2.45) is 0 Å². The van der Waals surface area contributed by atoms with Gasteiger partial charge in [-0.05, 0) is 25.5 Å². The summed E-state index contributed by atoms with van der Waals surface area (Å²) in [6.45, 7) is 3.47. The number of amides is 1. The summed E-state index contributed by atoms with van der Waals surface area (Å²) in [4.78, 5) is 30.7. The van der Waals surface area contributed by atoms with Crippen molar-refractivity contribution >= 4 is 17.7 Å². The minimum Gasteiger partial charge on any atom is -0.480 e. The monoisotopic (exact) mass is 279 g/mol. The molecule has 0 aliphatic heterocycles. The molecule has 0 bridgehead atoms. The zero-order valence-corrected chi connectivity index (χ0v) is 12.3. The number of carbonyl (C=O) groups excluding carboxylic acids is 1. The number of carbonyl (C=O) groups is 2. The van der Waals surface area contributed by atoms with Crippen LogP contribution >= 0.6 is 0 Å². The topological polar surface area (TPSA) is 73.7 Å². The number of rotatable bonds is 6. The van der Waals surface area contributed by atoms with Crippen molar-refractivity contribution in [3.63, 3.8) is 0 Å². The van der Waals surface area contributed by atoms with E-state index in [4.69, 9.17) is 5.11 Å². The summed E-state index contributed by atoms with van der Waals surface area (Å²) in [7, 11) is 3.67. The fraction of sp³-hybridized carbons (Fsp3) is 0.500. The third-order valence-electron chi connectivity index (χ3n) is 3.14. The molecular weight excluding hydrogens is 258 g/mol. The molecule has 110 valence electrons. The van der Waals surface area contributed by atoms with Crippen LogP contribution in [-0.4, -0.2) is 53.5 Å². The molecule has 0 aromatic carbocycles. The molecule has 20 heavy (non-hydrogen) atoms. The van der Waals surface area contributed by atoms with Crippen LogP contribution in [0.4, 0.5) is 5.82 Å². The lowest BCUT2D eigenvalue weighted by Gasteiger charge is -2.27. The molecule has 6 heteroatoms. The number of carboxylic acids is 1. The van der Waals surface area contributed by atoms with Gasteiger partial charge >= 0.3 is 5.97 Å². The number of carboxylic acid groups (broad SMARTS) is 1. The molecule has 1 aromatic heterocycles. The van der Waals surface area contributed by atoms with E-state index < -0.39 is 5.97 Å². The van der Waals surface area contributed by atoms with Gasteiger partial charge < -0.3 is 14.9 Å². The maximum Gasteiger partial charge on any atom is 0.323 e. The number of anilines is 1. The summed E-state index contributed by atoms with van der Waals surface area (Å²) in [5.41, 5.74) is 0.449. The van der Waals surface area contributed by atoms with Crippen molar-refractivity contribution < 1.29 is 14.7 Å². The average molecular weight is 279 g/mol. The van der Waals surface area contributed by atoms with Gasteiger partial charge in [-0.3, -0.25) is 9.59 Å². The van der Waals surface area contributed by atoms with Crippen molar-refractivity contribution in [1.82, 2.24) is 9.88 Å². The Balaban J connectivity index is 3.05. The Kier molecular flexibility index (Phi) is 5.49. The molecule has 1 rings (SSSR count). The van der Waals surface area contributed by atoms with Gasteiger partial charge in [-0.2, -0.15) is 0 Å². The van der Waals surface area contributed by atoms with E-state index in [9.17, 15) is 9.59 Å². The molecule has 1 atom stereocenters. The largest absolute Gasteiger partial charge is 0.480 e. The number of hydrogen-bond acceptors (Lipinski definition) is 4. The molecule has 1 unspecified atom stereocenters. The molecule has 0 fully saturated rings. The van der Waals surface area contributed by atoms with E-state index in [1.807, 2.05) is 27.9 Å². The quantitative estimate of drug-likeness (QED) is 0.853. The highest BCUT2D eigenvalue weighted by Gasteiger charge is 2.23. The second-order valence-electron chi connectivity index (χ2n) is 4.88. The molecule has 1 N–H and O–H groups in total. The molecule has 6 nitrogen and oxygen atoms in total. The lowest BCUT2D eigenvalue weighted by molar-refractivity contribution is -0.138. The van der Waals surface area contributed by atoms with Crippen molar-refractivity contribution in [3.8, 4) is 0 Å². The molecule has 0 radical (unpaired) electrons. The van der Waals surface area contributed by atoms with Crippen LogP contribution in [0.5, 0.6) is 0 Å². The van der Waals surface area contributed by atoms with Gasteiger partial charge in [0.15, 0.2) is 0 Å². The molecule has 0 aliphatic rings. The van der Waals surface area contributed by atoms with Crippen molar-refractivity contribution in [3.05, 3.63) is 23.9 Å². The lowest BCUT2D eigenvalue weighted by atomic mass is 10.1. The lowest BCUT2D eigenvalue weighted by Crippen LogP contribution is -2.41. The Hall–Kier alpha value is -2.11. The normalized spacial score (nSPS) is 11.8. The Morgan fingerprint density at radius 3 is 2.55 bits per heavy atom. The van der Waals surface area contributed by atoms with Crippen LogP contribution in [0, 0.1) is 0 Å². The summed E-state index contributed by atoms with van der Waals surface area (Å²) in [6.07, 6.45) is 2.25. The van der Waals surface area contributed by atoms with Crippen LogP contribution in [0.25, 0.3) is 0 Å². The maximum absolute atomic E-state index is 12.5. The molecular formula is C14H21N3O3. The van der Waals surface area contributed by atoms with Crippen LogP contribution in [0.1, 0.15) is 30.6 Å². The molecule has 1 amide bonds. The second-order valence-corrected chi connectivity index (χ2v) is 4.88. The average Bonchev–Trinajstić information content (AvgIpc) is 2.43. The first kappa shape index (κ1) is 15.9. The Bertz CT molecular complexity index is 488. The van der Waals surface area contributed by atoms with Gasteiger partial charge in [0, 0.05) is 31.9 Å². The highest BCUT2D eigenvalue weighted by molar-refractivity contribution is 5.96. The number of pyridine rings is 1. The number of hydrogen-bond donors (Lipinski definition) is 1. The molecule has 0 saturated carbocycles. The number of nitrogens with zero attached hydrogens (tertiary/aromatic N) is 3. The van der Waals surface area contributed by atoms with Gasteiger partial charge in [0.2, 0.25) is 0 Å². The SMILES string of the molecule is CCC(C)N(CC(=O)O)C(=O)c1ccnc(N(C)C)c1. The molecule has 0 saturated heterocycles. The number of aliphatic carboxylic acids is 1. The van der Waals surface area contributed by atoms with Crippen LogP contribution in [0.15, 0.2) is 18.3 Å². The van der Waals surface area contributed by atoms with Crippen molar-refractivity contribution in [2.75, 3.05) is 25.5 Å². The summed E-state index contributed by atoms with van der Waals surface area (Å²) in [6, 6.07) is 3.14. The predicted molar refractivity (Wildman–Crippen MR) is 77.0 cm³/mol. The van der Waals surface area contributed by atoms with Crippen molar-refractivity contribution in [1.29, 1.82) is 0 Å². The Morgan fingerprint density at radius 2 is 2.05 bits per heavy atom. The third-order valence-corrected chi connectivity index (χ3v) is 3.14. The minimum atomic E-state index is -1.01. The zero-order valence-electron chi connectivity index (χ0n) is 12.3. The third kappa shape index (κ3) is 3.94. The Labute approximate surface area is 119 Å². The minimum absolute atomic E-state index is 0.130. The van der Waals surface area contributed by atoms with Crippen LogP contribution < -0.4 is 4.90 Å². The van der Waals surface area contributed by atoms with E-state index in [0.717, 1.165) is 0 Å². The van der Waals surface area contributed by atoms with E-state index in [1.165, 1.54) is 4.90 Å². The second kappa shape index (κ2) is 6.88. The highest BCUT2D eigenvalue weighted by atomic mass is 16.4. The number of aromatic nitrogens is 1. The summed E-state index contributed by atoms with van der Waals surface area (Å²) in [5.74, 6) is -0.636. The van der Waals surface area contributed by atoms with E-state index in [0.29, 0.717) is 17.8 Å². The molecule has 1 aromatic rings. The Morgan fingerprint density at radius 1 is 1.40 bits per heavy atom. The standard InChI is InChI=1S/C14H21N3O3/c1-5-10(2)17(9-13(18)19)14(20)11-6-7-15-12(8-11)16(3)4/h6-8,10H,5,9H2,1-4H3,(H,18,19). The summed E-state index contributed by atoms with van der Waals surface area (Å²) >= 11 is 0. The van der Waals surface area contributed by atoms with E-state index in [-0.39, 0.29) is 18.5 Å². The van der Waals surface area contributed by atoms with Gasteiger partial charge in [-0.25, -0.2) is 4.98 Å². The summed E-state index contributed by atoms with van der Waals surface area (Å²) in [5, 5.41) is 8.95. The fourth-order valence-corrected chi connectivity index (χ4v) is 1.76.